The molecule has 184 valence electrons. The molecular formula is C26H41NO5Si. The number of hydrogen-bond acceptors (Lipinski definition) is 5. The van der Waals surface area contributed by atoms with Crippen molar-refractivity contribution in [1.29, 1.82) is 0 Å². The van der Waals surface area contributed by atoms with E-state index in [0.717, 1.165) is 12.8 Å². The number of carbonyl (C=O) groups is 2. The molecule has 0 aromatic carbocycles. The maximum absolute atomic E-state index is 13.9. The third kappa shape index (κ3) is 3.24. The van der Waals surface area contributed by atoms with Gasteiger partial charge in [-0.1, -0.05) is 52.7 Å². The molecule has 4 fully saturated rings. The van der Waals surface area contributed by atoms with Crippen LogP contribution in [0.1, 0.15) is 59.8 Å². The van der Waals surface area contributed by atoms with Crippen LogP contribution in [0.4, 0.5) is 0 Å². The topological polar surface area (TPSA) is 76.1 Å². The van der Waals surface area contributed by atoms with Gasteiger partial charge in [0.15, 0.2) is 20.1 Å². The standard InChI is InChI=1S/C26H41NO5Si/c1-15-11-12-16-9-7-8-10-17(16)19(15)21(28)20-22-26(32-33(5,6)25(2,3)4)18(24(30)31-22)13-14-27(26)23(20)29/h11-12,15-22,28H,7-10,13-14H2,1-6H3/t15-,16+,17-,18-,19-,20-,21?,22-,26+/m0/s1. The van der Waals surface area contributed by atoms with E-state index in [4.69, 9.17) is 9.16 Å². The minimum absolute atomic E-state index is 0.00282. The number of hydrogen-bond donors (Lipinski definition) is 1. The molecule has 0 aromatic rings. The Bertz CT molecular complexity index is 865. The van der Waals surface area contributed by atoms with Gasteiger partial charge in [-0.25, -0.2) is 0 Å². The number of allylic oxidation sites excluding steroid dienone is 2. The van der Waals surface area contributed by atoms with Crippen LogP contribution >= 0.6 is 0 Å². The third-order valence-corrected chi connectivity index (χ3v) is 14.5. The molecule has 5 aliphatic rings. The number of aliphatic hydroxyl groups excluding tert-OH is 1. The largest absolute Gasteiger partial charge is 0.456 e. The summed E-state index contributed by atoms with van der Waals surface area (Å²) >= 11 is 0. The quantitative estimate of drug-likeness (QED) is 0.376. The zero-order chi connectivity index (χ0) is 23.9. The van der Waals surface area contributed by atoms with E-state index in [0.29, 0.717) is 24.8 Å². The van der Waals surface area contributed by atoms with Gasteiger partial charge in [-0.05, 0) is 61.1 Å². The Hall–Kier alpha value is -1.18. The van der Waals surface area contributed by atoms with Crippen molar-refractivity contribution in [3.8, 4) is 0 Å². The molecule has 33 heavy (non-hydrogen) atoms. The first kappa shape index (κ1) is 23.6. The molecule has 1 N–H and O–H groups in total. The summed E-state index contributed by atoms with van der Waals surface area (Å²) in [6.45, 7) is 13.5. The van der Waals surface area contributed by atoms with Gasteiger partial charge in [0.25, 0.3) is 0 Å². The van der Waals surface area contributed by atoms with Crippen molar-refractivity contribution < 1.29 is 23.9 Å². The SMILES string of the molecule is C[C@H]1C=C[C@H]2CCCC[C@@H]2[C@H]1C(O)[C@@H]1C(=O)N2CC[C@H]3C(=O)O[C@@H]1[C@]32O[Si](C)(C)C(C)(C)C. The smallest absolute Gasteiger partial charge is 0.314 e. The number of nitrogens with zero attached hydrogens (tertiary/aromatic N) is 1. The average molecular weight is 476 g/mol. The van der Waals surface area contributed by atoms with Crippen molar-refractivity contribution in [3.63, 3.8) is 0 Å². The number of fused-ring (bicyclic) bond motifs is 1. The molecule has 9 atom stereocenters. The number of aliphatic hydroxyl groups is 1. The van der Waals surface area contributed by atoms with Crippen molar-refractivity contribution in [2.24, 2.45) is 35.5 Å². The second-order valence-corrected chi connectivity index (χ2v) is 17.5. The summed E-state index contributed by atoms with van der Waals surface area (Å²) in [5, 5.41) is 11.8. The minimum atomic E-state index is -2.33. The van der Waals surface area contributed by atoms with Crippen LogP contribution in [0, 0.1) is 35.5 Å². The maximum Gasteiger partial charge on any atom is 0.314 e. The zero-order valence-corrected chi connectivity index (χ0v) is 22.0. The number of amides is 1. The number of ether oxygens (including phenoxy) is 1. The molecular weight excluding hydrogens is 434 g/mol. The predicted molar refractivity (Wildman–Crippen MR) is 127 cm³/mol. The Morgan fingerprint density at radius 1 is 1.18 bits per heavy atom. The Labute approximate surface area is 199 Å². The van der Waals surface area contributed by atoms with Gasteiger partial charge in [-0.3, -0.25) is 9.59 Å². The van der Waals surface area contributed by atoms with E-state index < -0.39 is 38.1 Å². The van der Waals surface area contributed by atoms with E-state index in [9.17, 15) is 14.7 Å². The van der Waals surface area contributed by atoms with E-state index in [-0.39, 0.29) is 28.8 Å². The highest BCUT2D eigenvalue weighted by Crippen LogP contribution is 2.58. The number of carbonyl (C=O) groups excluding carboxylic acids is 2. The molecule has 0 bridgehead atoms. The van der Waals surface area contributed by atoms with Crippen LogP contribution in [0.5, 0.6) is 0 Å². The Balaban J connectivity index is 1.52. The zero-order valence-electron chi connectivity index (χ0n) is 21.0. The van der Waals surface area contributed by atoms with Gasteiger partial charge in [-0.2, -0.15) is 0 Å². The van der Waals surface area contributed by atoms with Gasteiger partial charge >= 0.3 is 5.97 Å². The lowest BCUT2D eigenvalue weighted by atomic mass is 9.61. The molecule has 3 aliphatic heterocycles. The molecule has 0 radical (unpaired) electrons. The van der Waals surface area contributed by atoms with Gasteiger partial charge in [0.1, 0.15) is 11.8 Å². The lowest BCUT2D eigenvalue weighted by molar-refractivity contribution is -0.151. The minimum Gasteiger partial charge on any atom is -0.456 e. The van der Waals surface area contributed by atoms with Crippen molar-refractivity contribution in [2.75, 3.05) is 6.54 Å². The lowest BCUT2D eigenvalue weighted by Crippen LogP contribution is -2.59. The Kier molecular flexibility index (Phi) is 5.47. The molecule has 2 aliphatic carbocycles. The van der Waals surface area contributed by atoms with Crippen LogP contribution in [0.25, 0.3) is 0 Å². The van der Waals surface area contributed by atoms with Crippen molar-refractivity contribution in [3.05, 3.63) is 12.2 Å². The molecule has 7 heteroatoms. The highest BCUT2D eigenvalue weighted by molar-refractivity contribution is 6.74. The molecule has 3 saturated heterocycles. The molecule has 6 nitrogen and oxygen atoms in total. The van der Waals surface area contributed by atoms with Gasteiger partial charge in [0.2, 0.25) is 5.91 Å². The van der Waals surface area contributed by atoms with Gasteiger partial charge < -0.3 is 19.2 Å². The summed E-state index contributed by atoms with van der Waals surface area (Å²) in [5.74, 6) is -0.517. The van der Waals surface area contributed by atoms with Crippen molar-refractivity contribution in [1.82, 2.24) is 4.90 Å². The highest BCUT2D eigenvalue weighted by Gasteiger charge is 2.76. The Morgan fingerprint density at radius 2 is 1.88 bits per heavy atom. The van der Waals surface area contributed by atoms with Crippen LogP contribution < -0.4 is 0 Å². The highest BCUT2D eigenvalue weighted by atomic mass is 28.4. The normalized spacial score (nSPS) is 43.5. The monoisotopic (exact) mass is 475 g/mol. The Morgan fingerprint density at radius 3 is 2.58 bits per heavy atom. The van der Waals surface area contributed by atoms with E-state index in [1.54, 1.807) is 4.90 Å². The summed E-state index contributed by atoms with van der Waals surface area (Å²) in [5.41, 5.74) is -1.05. The fourth-order valence-electron chi connectivity index (χ4n) is 7.30. The average Bonchev–Trinajstić information content (AvgIpc) is 3.30. The van der Waals surface area contributed by atoms with Crippen LogP contribution in [0.15, 0.2) is 12.2 Å². The second-order valence-electron chi connectivity index (χ2n) is 12.8. The van der Waals surface area contributed by atoms with E-state index >= 15 is 0 Å². The number of esters is 1. The third-order valence-electron chi connectivity index (χ3n) is 10.0. The first-order valence-electron chi connectivity index (χ1n) is 13.0. The van der Waals surface area contributed by atoms with E-state index in [2.05, 4.69) is 52.9 Å². The lowest BCUT2D eigenvalue weighted by Gasteiger charge is -2.46. The van der Waals surface area contributed by atoms with Crippen molar-refractivity contribution in [2.45, 2.75) is 95.9 Å². The first-order chi connectivity index (χ1) is 15.4. The van der Waals surface area contributed by atoms with Crippen LogP contribution in [0.3, 0.4) is 0 Å². The fraction of sp³-hybridized carbons (Fsp3) is 0.846. The molecule has 1 saturated carbocycles. The molecule has 1 amide bonds. The molecule has 1 unspecified atom stereocenters. The molecule has 0 spiro atoms. The van der Waals surface area contributed by atoms with Gasteiger partial charge in [0.05, 0.1) is 6.10 Å². The van der Waals surface area contributed by atoms with Gasteiger partial charge in [0, 0.05) is 6.54 Å². The maximum atomic E-state index is 13.9. The summed E-state index contributed by atoms with van der Waals surface area (Å²) in [6, 6.07) is 0. The van der Waals surface area contributed by atoms with Crippen LogP contribution in [0.2, 0.25) is 18.1 Å². The molecule has 3 heterocycles. The summed E-state index contributed by atoms with van der Waals surface area (Å²) in [4.78, 5) is 28.7. The summed E-state index contributed by atoms with van der Waals surface area (Å²) in [6.07, 6.45) is 8.21. The summed E-state index contributed by atoms with van der Waals surface area (Å²) in [7, 11) is -2.33. The predicted octanol–water partition coefficient (Wildman–Crippen LogP) is 4.10. The van der Waals surface area contributed by atoms with Crippen LogP contribution in [-0.4, -0.2) is 54.7 Å². The van der Waals surface area contributed by atoms with Crippen LogP contribution in [-0.2, 0) is 18.8 Å². The second kappa shape index (κ2) is 7.66. The molecule has 0 aromatic heterocycles. The first-order valence-corrected chi connectivity index (χ1v) is 15.9. The van der Waals surface area contributed by atoms with E-state index in [1.807, 2.05) is 0 Å². The molecule has 5 rings (SSSR count). The van der Waals surface area contributed by atoms with Gasteiger partial charge in [-0.15, -0.1) is 0 Å². The van der Waals surface area contributed by atoms with Crippen molar-refractivity contribution >= 4 is 20.2 Å². The van der Waals surface area contributed by atoms with E-state index in [1.165, 1.54) is 12.8 Å². The summed E-state index contributed by atoms with van der Waals surface area (Å²) < 4.78 is 12.9. The number of rotatable bonds is 4. The fourth-order valence-corrected chi connectivity index (χ4v) is 8.79.